The van der Waals surface area contributed by atoms with Gasteiger partial charge in [0.25, 0.3) is 0 Å². The molecule has 1 saturated heterocycles. The van der Waals surface area contributed by atoms with Crippen LogP contribution in [-0.4, -0.2) is 45.6 Å². The summed E-state index contributed by atoms with van der Waals surface area (Å²) in [6, 6.07) is 16.2. The van der Waals surface area contributed by atoms with Crippen molar-refractivity contribution >= 4 is 38.8 Å². The van der Waals surface area contributed by atoms with Crippen molar-refractivity contribution in [2.75, 3.05) is 41.8 Å². The molecule has 184 valence electrons. The van der Waals surface area contributed by atoms with Gasteiger partial charge in [0.15, 0.2) is 0 Å². The van der Waals surface area contributed by atoms with Gasteiger partial charge in [0.05, 0.1) is 24.5 Å². The second kappa shape index (κ2) is 10.7. The average molecular weight is 497 g/mol. The molecule has 0 unspecified atom stereocenters. The number of carbonyl (C=O) groups excluding carboxylic acids is 1. The second-order valence-electron chi connectivity index (χ2n) is 8.19. The summed E-state index contributed by atoms with van der Waals surface area (Å²) in [6.07, 6.45) is 1.61. The van der Waals surface area contributed by atoms with Crippen molar-refractivity contribution in [3.05, 3.63) is 71.9 Å². The number of hydrogen-bond donors (Lipinski definition) is 4. The lowest BCUT2D eigenvalue weighted by Crippen LogP contribution is -2.36. The molecule has 2 heterocycles. The third kappa shape index (κ3) is 6.69. The lowest BCUT2D eigenvalue weighted by Gasteiger charge is -2.28. The molecule has 0 atom stereocenters. The van der Waals surface area contributed by atoms with Crippen molar-refractivity contribution < 1.29 is 17.9 Å². The van der Waals surface area contributed by atoms with E-state index in [4.69, 9.17) is 15.6 Å². The Morgan fingerprint density at radius 3 is 2.51 bits per heavy atom. The number of hydrogen-bond acceptors (Lipinski definition) is 8. The number of nitrogens with zero attached hydrogens (tertiary/aromatic N) is 2. The number of aromatic nitrogens is 1. The van der Waals surface area contributed by atoms with Crippen LogP contribution in [0.25, 0.3) is 0 Å². The molecule has 4 rings (SSSR count). The largest absolute Gasteiger partial charge is 0.381 e. The summed E-state index contributed by atoms with van der Waals surface area (Å²) in [5, 5.41) is 11.8. The summed E-state index contributed by atoms with van der Waals surface area (Å²) < 4.78 is 28.7. The summed E-state index contributed by atoms with van der Waals surface area (Å²) in [5.41, 5.74) is 9.41. The maximum atomic E-state index is 11.6. The van der Waals surface area contributed by atoms with Gasteiger partial charge in [-0.25, -0.2) is 18.5 Å². The minimum atomic E-state index is -3.80. The second-order valence-corrected chi connectivity index (χ2v) is 9.75. The highest BCUT2D eigenvalue weighted by atomic mass is 32.2. The predicted octanol–water partition coefficient (Wildman–Crippen LogP) is 1.95. The number of pyridine rings is 1. The van der Waals surface area contributed by atoms with Gasteiger partial charge < -0.3 is 26.0 Å². The van der Waals surface area contributed by atoms with Crippen LogP contribution in [-0.2, 0) is 32.5 Å². The zero-order valence-electron chi connectivity index (χ0n) is 19.1. The molecule has 0 bridgehead atoms. The highest BCUT2D eigenvalue weighted by Crippen LogP contribution is 2.25. The molecule has 6 N–H and O–H groups in total. The number of anilines is 4. The van der Waals surface area contributed by atoms with E-state index in [1.54, 1.807) is 24.4 Å². The van der Waals surface area contributed by atoms with E-state index < -0.39 is 15.9 Å². The smallest absolute Gasteiger partial charge is 0.238 e. The number of carbonyl (C=O) groups is 1. The minimum absolute atomic E-state index is 0.0150. The normalized spacial score (nSPS) is 13.9. The molecule has 0 spiro atoms. The fourth-order valence-electron chi connectivity index (χ4n) is 3.80. The van der Waals surface area contributed by atoms with Crippen LogP contribution in [0.3, 0.4) is 0 Å². The van der Waals surface area contributed by atoms with Gasteiger partial charge in [-0.05, 0) is 42.0 Å². The average Bonchev–Trinajstić information content (AvgIpc) is 2.84. The van der Waals surface area contributed by atoms with Crippen molar-refractivity contribution in [3.8, 4) is 0 Å². The number of benzene rings is 2. The lowest BCUT2D eigenvalue weighted by molar-refractivity contribution is -0.117. The maximum absolute atomic E-state index is 11.6. The standard InChI is InChI=1S/C24H28N6O4S/c25-23(31)13-18-16-28-24(29-19-4-6-20(7-5-19)30-8-10-34-11-9-30)14-22(18)27-15-17-2-1-3-21(12-17)35(26,32)33/h1-7,12,14,16H,8-11,13,15H2,(H2,25,31)(H2,26,32,33)(H2,27,28,29). The van der Waals surface area contributed by atoms with Gasteiger partial charge in [-0.2, -0.15) is 0 Å². The first kappa shape index (κ1) is 24.5. The van der Waals surface area contributed by atoms with Crippen LogP contribution in [0, 0.1) is 0 Å². The number of primary amides is 1. The summed E-state index contributed by atoms with van der Waals surface area (Å²) in [5.74, 6) is 0.101. The summed E-state index contributed by atoms with van der Waals surface area (Å²) in [7, 11) is -3.80. The van der Waals surface area contributed by atoms with Crippen LogP contribution >= 0.6 is 0 Å². The summed E-state index contributed by atoms with van der Waals surface area (Å²) in [4.78, 5) is 18.3. The fraction of sp³-hybridized carbons (Fsp3) is 0.250. The maximum Gasteiger partial charge on any atom is 0.238 e. The molecule has 0 radical (unpaired) electrons. The van der Waals surface area contributed by atoms with Gasteiger partial charge in [-0.3, -0.25) is 4.79 Å². The number of amides is 1. The Hall–Kier alpha value is -3.67. The van der Waals surface area contributed by atoms with E-state index >= 15 is 0 Å². The third-order valence-electron chi connectivity index (χ3n) is 5.58. The molecule has 10 nitrogen and oxygen atoms in total. The van der Waals surface area contributed by atoms with Gasteiger partial charge in [-0.1, -0.05) is 12.1 Å². The molecule has 11 heteroatoms. The molecule has 1 amide bonds. The van der Waals surface area contributed by atoms with Crippen molar-refractivity contribution in [3.63, 3.8) is 0 Å². The molecule has 0 aliphatic carbocycles. The number of rotatable bonds is 9. The van der Waals surface area contributed by atoms with Crippen molar-refractivity contribution in [2.24, 2.45) is 10.9 Å². The summed E-state index contributed by atoms with van der Waals surface area (Å²) >= 11 is 0. The van der Waals surface area contributed by atoms with Gasteiger partial charge in [0.1, 0.15) is 5.82 Å². The molecule has 1 aliphatic heterocycles. The van der Waals surface area contributed by atoms with E-state index in [9.17, 15) is 13.2 Å². The van der Waals surface area contributed by atoms with Gasteiger partial charge in [0.2, 0.25) is 15.9 Å². The van der Waals surface area contributed by atoms with E-state index in [2.05, 4.69) is 20.5 Å². The Morgan fingerprint density at radius 2 is 1.83 bits per heavy atom. The monoisotopic (exact) mass is 496 g/mol. The number of primary sulfonamides is 1. The Morgan fingerprint density at radius 1 is 1.09 bits per heavy atom. The van der Waals surface area contributed by atoms with Crippen LogP contribution in [0.5, 0.6) is 0 Å². The molecule has 0 saturated carbocycles. The molecule has 1 aromatic heterocycles. The first-order valence-electron chi connectivity index (χ1n) is 11.1. The van der Waals surface area contributed by atoms with E-state index in [0.717, 1.165) is 37.7 Å². The van der Waals surface area contributed by atoms with Crippen LogP contribution < -0.4 is 26.4 Å². The minimum Gasteiger partial charge on any atom is -0.381 e. The number of nitrogens with one attached hydrogen (secondary N) is 2. The Balaban J connectivity index is 1.50. The Labute approximate surface area is 204 Å². The zero-order valence-corrected chi connectivity index (χ0v) is 19.9. The highest BCUT2D eigenvalue weighted by molar-refractivity contribution is 7.89. The van der Waals surface area contributed by atoms with Crippen molar-refractivity contribution in [1.82, 2.24) is 4.98 Å². The number of ether oxygens (including phenoxy) is 1. The SMILES string of the molecule is NC(=O)Cc1cnc(Nc2ccc(N3CCOCC3)cc2)cc1NCc1cccc(S(N)(=O)=O)c1. The van der Waals surface area contributed by atoms with E-state index in [0.29, 0.717) is 29.2 Å². The molecule has 1 aliphatic rings. The quantitative estimate of drug-likeness (QED) is 0.351. The fourth-order valence-corrected chi connectivity index (χ4v) is 4.38. The Bertz CT molecular complexity index is 1290. The van der Waals surface area contributed by atoms with Crippen LogP contribution in [0.4, 0.5) is 22.9 Å². The van der Waals surface area contributed by atoms with E-state index in [1.807, 2.05) is 24.3 Å². The predicted molar refractivity (Wildman–Crippen MR) is 135 cm³/mol. The summed E-state index contributed by atoms with van der Waals surface area (Å²) in [6.45, 7) is 3.50. The lowest BCUT2D eigenvalue weighted by atomic mass is 10.1. The molecule has 35 heavy (non-hydrogen) atoms. The van der Waals surface area contributed by atoms with Crippen LogP contribution in [0.2, 0.25) is 0 Å². The highest BCUT2D eigenvalue weighted by Gasteiger charge is 2.13. The van der Waals surface area contributed by atoms with Crippen molar-refractivity contribution in [2.45, 2.75) is 17.9 Å². The van der Waals surface area contributed by atoms with Gasteiger partial charge in [-0.15, -0.1) is 0 Å². The first-order valence-corrected chi connectivity index (χ1v) is 12.7. The number of sulfonamides is 1. The van der Waals surface area contributed by atoms with E-state index in [1.165, 1.54) is 12.1 Å². The van der Waals surface area contributed by atoms with Gasteiger partial charge >= 0.3 is 0 Å². The molecule has 2 aromatic carbocycles. The Kier molecular flexibility index (Phi) is 7.49. The molecular formula is C24H28N6O4S. The van der Waals surface area contributed by atoms with Crippen LogP contribution in [0.1, 0.15) is 11.1 Å². The van der Waals surface area contributed by atoms with Crippen LogP contribution in [0.15, 0.2) is 65.7 Å². The molecular weight excluding hydrogens is 468 g/mol. The van der Waals surface area contributed by atoms with Gasteiger partial charge in [0, 0.05) is 54.5 Å². The molecule has 3 aromatic rings. The topological polar surface area (TPSA) is 153 Å². The van der Waals surface area contributed by atoms with E-state index in [-0.39, 0.29) is 11.3 Å². The third-order valence-corrected chi connectivity index (χ3v) is 6.49. The number of nitrogens with two attached hydrogens (primary N) is 2. The van der Waals surface area contributed by atoms with Crippen molar-refractivity contribution in [1.29, 1.82) is 0 Å². The number of morpholine rings is 1. The molecule has 1 fully saturated rings. The zero-order chi connectivity index (χ0) is 24.8. The first-order chi connectivity index (χ1) is 16.8.